The second kappa shape index (κ2) is 3.13. The maximum Gasteiger partial charge on any atom is 0.127 e. The van der Waals surface area contributed by atoms with Crippen molar-refractivity contribution in [2.45, 2.75) is 25.1 Å². The summed E-state index contributed by atoms with van der Waals surface area (Å²) in [5.74, 6) is 0. The largest absolute Gasteiger partial charge is 0.389 e. The van der Waals surface area contributed by atoms with Gasteiger partial charge in [-0.05, 0) is 12.8 Å². The first-order valence-corrected chi connectivity index (χ1v) is 3.26. The molecule has 0 bridgehead atoms. The van der Waals surface area contributed by atoms with Gasteiger partial charge in [0.05, 0.1) is 6.10 Å². The summed E-state index contributed by atoms with van der Waals surface area (Å²) in [4.78, 5) is 0. The molecule has 1 radical (unpaired) electrons. The summed E-state index contributed by atoms with van der Waals surface area (Å²) in [5.41, 5.74) is 0. The van der Waals surface area contributed by atoms with Crippen molar-refractivity contribution in [2.75, 3.05) is 13.1 Å². The van der Waals surface area contributed by atoms with Gasteiger partial charge in [0, 0.05) is 13.1 Å². The molecule has 1 aliphatic heterocycles. The molecule has 1 heterocycles. The zero-order valence-corrected chi connectivity index (χ0v) is 5.26. The smallest absolute Gasteiger partial charge is 0.127 e. The van der Waals surface area contributed by atoms with E-state index in [4.69, 9.17) is 5.11 Å². The number of hydrogen-bond donors (Lipinski definition) is 1. The molecule has 9 heavy (non-hydrogen) atoms. The zero-order chi connectivity index (χ0) is 6.69. The van der Waals surface area contributed by atoms with Gasteiger partial charge in [-0.1, -0.05) is 0 Å². The van der Waals surface area contributed by atoms with E-state index in [2.05, 4.69) is 5.32 Å². The number of aliphatic hydroxyl groups is 1. The lowest BCUT2D eigenvalue weighted by molar-refractivity contribution is 0.0808. The average Bonchev–Trinajstić information content (AvgIpc) is 1.99. The molecule has 1 N–H and O–H groups in total. The van der Waals surface area contributed by atoms with Crippen molar-refractivity contribution in [3.05, 3.63) is 0 Å². The predicted octanol–water partition coefficient (Wildman–Crippen LogP) is 0.0836. The Labute approximate surface area is 54.1 Å². The fraction of sp³-hybridized carbons (Fsp3) is 1.00. The van der Waals surface area contributed by atoms with Crippen LogP contribution in [0.2, 0.25) is 0 Å². The summed E-state index contributed by atoms with van der Waals surface area (Å²) in [6.07, 6.45) is -0.646. The minimum absolute atomic E-state index is 0.279. The van der Waals surface area contributed by atoms with Crippen molar-refractivity contribution in [1.29, 1.82) is 0 Å². The minimum Gasteiger partial charge on any atom is -0.389 e. The molecule has 1 fully saturated rings. The molecule has 0 aliphatic carbocycles. The maximum absolute atomic E-state index is 12.5. The summed E-state index contributed by atoms with van der Waals surface area (Å²) in [5, 5.41) is 12.8. The zero-order valence-electron chi connectivity index (χ0n) is 5.26. The van der Waals surface area contributed by atoms with Crippen LogP contribution in [0.1, 0.15) is 12.8 Å². The van der Waals surface area contributed by atoms with Gasteiger partial charge in [-0.25, -0.2) is 9.71 Å². The Morgan fingerprint density at radius 3 is 3.11 bits per heavy atom. The first-order chi connectivity index (χ1) is 4.30. The molecule has 0 saturated carbocycles. The third-order valence-electron chi connectivity index (χ3n) is 1.53. The molecule has 1 rings (SSSR count). The van der Waals surface area contributed by atoms with Crippen molar-refractivity contribution in [3.63, 3.8) is 0 Å². The van der Waals surface area contributed by atoms with Crippen LogP contribution >= 0.6 is 0 Å². The summed E-state index contributed by atoms with van der Waals surface area (Å²) in [6, 6.07) is 0. The van der Waals surface area contributed by atoms with E-state index < -0.39 is 12.3 Å². The van der Waals surface area contributed by atoms with Crippen LogP contribution in [0, 0.1) is 0 Å². The molecule has 1 saturated heterocycles. The van der Waals surface area contributed by atoms with Gasteiger partial charge in [0.1, 0.15) is 6.17 Å². The van der Waals surface area contributed by atoms with E-state index >= 15 is 0 Å². The van der Waals surface area contributed by atoms with Gasteiger partial charge < -0.3 is 5.11 Å². The van der Waals surface area contributed by atoms with E-state index in [-0.39, 0.29) is 6.54 Å². The highest BCUT2D eigenvalue weighted by Gasteiger charge is 2.20. The number of nitrogens with zero attached hydrogens (tertiary/aromatic N) is 1. The number of rotatable bonds is 0. The van der Waals surface area contributed by atoms with Crippen LogP contribution in [0.5, 0.6) is 0 Å². The average molecular weight is 132 g/mol. The van der Waals surface area contributed by atoms with Gasteiger partial charge in [-0.15, -0.1) is 0 Å². The standard InChI is InChI=1S/C6H11FNO/c7-5-2-1-3-8-4-6(5)9/h5-6,9H,1-4H2/t5-,6+/m1/s1. The SMILES string of the molecule is O[C@H]1C[N]CCC[C@H]1F. The lowest BCUT2D eigenvalue weighted by Gasteiger charge is -2.09. The Morgan fingerprint density at radius 1 is 1.56 bits per heavy atom. The molecule has 0 aromatic rings. The third-order valence-corrected chi connectivity index (χ3v) is 1.53. The van der Waals surface area contributed by atoms with Crippen molar-refractivity contribution < 1.29 is 9.50 Å². The Morgan fingerprint density at radius 2 is 2.33 bits per heavy atom. The number of aliphatic hydroxyl groups excluding tert-OH is 1. The summed E-state index contributed by atoms with van der Waals surface area (Å²) >= 11 is 0. The highest BCUT2D eigenvalue weighted by atomic mass is 19.1. The van der Waals surface area contributed by atoms with Crippen LogP contribution in [-0.4, -0.2) is 30.5 Å². The summed E-state index contributed by atoms with van der Waals surface area (Å²) in [6.45, 7) is 0.985. The van der Waals surface area contributed by atoms with E-state index in [9.17, 15) is 4.39 Å². The number of alkyl halides is 1. The maximum atomic E-state index is 12.5. The fourth-order valence-corrected chi connectivity index (χ4v) is 0.928. The number of halogens is 1. The monoisotopic (exact) mass is 132 g/mol. The molecule has 0 aromatic heterocycles. The number of hydrogen-bond acceptors (Lipinski definition) is 1. The Bertz CT molecular complexity index is 79.1. The van der Waals surface area contributed by atoms with Gasteiger partial charge in [-0.2, -0.15) is 0 Å². The Balaban J connectivity index is 2.32. The van der Waals surface area contributed by atoms with Gasteiger partial charge in [0.25, 0.3) is 0 Å². The molecule has 0 aromatic carbocycles. The van der Waals surface area contributed by atoms with Gasteiger partial charge in [0.15, 0.2) is 0 Å². The van der Waals surface area contributed by atoms with E-state index in [1.54, 1.807) is 0 Å². The second-order valence-corrected chi connectivity index (χ2v) is 2.36. The lowest BCUT2D eigenvalue weighted by Crippen LogP contribution is -2.27. The highest BCUT2D eigenvalue weighted by Crippen LogP contribution is 2.09. The molecule has 3 heteroatoms. The first kappa shape index (κ1) is 6.96. The molecular formula is C6H11FNO. The molecule has 0 amide bonds. The van der Waals surface area contributed by atoms with Crippen LogP contribution in [0.3, 0.4) is 0 Å². The Hall–Kier alpha value is -0.150. The molecule has 0 spiro atoms. The minimum atomic E-state index is -1.05. The van der Waals surface area contributed by atoms with Crippen LogP contribution in [-0.2, 0) is 0 Å². The lowest BCUT2D eigenvalue weighted by atomic mass is 10.1. The van der Waals surface area contributed by atoms with Crippen LogP contribution in [0.15, 0.2) is 0 Å². The molecule has 2 nitrogen and oxygen atoms in total. The quantitative estimate of drug-likeness (QED) is 0.497. The summed E-state index contributed by atoms with van der Waals surface area (Å²) < 4.78 is 12.5. The predicted molar refractivity (Wildman–Crippen MR) is 32.0 cm³/mol. The molecule has 1 aliphatic rings. The Kier molecular flexibility index (Phi) is 2.42. The van der Waals surface area contributed by atoms with E-state index in [0.717, 1.165) is 6.42 Å². The second-order valence-electron chi connectivity index (χ2n) is 2.36. The van der Waals surface area contributed by atoms with Gasteiger partial charge in [-0.3, -0.25) is 0 Å². The van der Waals surface area contributed by atoms with E-state index in [1.165, 1.54) is 0 Å². The van der Waals surface area contributed by atoms with Crippen LogP contribution < -0.4 is 5.32 Å². The van der Waals surface area contributed by atoms with Crippen LogP contribution in [0.4, 0.5) is 4.39 Å². The summed E-state index contributed by atoms with van der Waals surface area (Å²) in [7, 11) is 0. The van der Waals surface area contributed by atoms with Gasteiger partial charge >= 0.3 is 0 Å². The van der Waals surface area contributed by atoms with Crippen molar-refractivity contribution in [2.24, 2.45) is 0 Å². The fourth-order valence-electron chi connectivity index (χ4n) is 0.928. The van der Waals surface area contributed by atoms with E-state index in [1.807, 2.05) is 0 Å². The van der Waals surface area contributed by atoms with Crippen molar-refractivity contribution in [3.8, 4) is 0 Å². The molecule has 53 valence electrons. The molecule has 2 atom stereocenters. The van der Waals surface area contributed by atoms with E-state index in [0.29, 0.717) is 13.0 Å². The topological polar surface area (TPSA) is 34.3 Å². The molecule has 0 unspecified atom stereocenters. The van der Waals surface area contributed by atoms with Crippen molar-refractivity contribution >= 4 is 0 Å². The third kappa shape index (κ3) is 1.91. The highest BCUT2D eigenvalue weighted by molar-refractivity contribution is 4.73. The normalized spacial score (nSPS) is 38.0. The van der Waals surface area contributed by atoms with Crippen molar-refractivity contribution in [1.82, 2.24) is 5.32 Å². The molecular weight excluding hydrogens is 121 g/mol. The first-order valence-electron chi connectivity index (χ1n) is 3.26. The van der Waals surface area contributed by atoms with Crippen LogP contribution in [0.25, 0.3) is 0 Å². The van der Waals surface area contributed by atoms with Gasteiger partial charge in [0.2, 0.25) is 0 Å².